The molecule has 1 aromatic carbocycles. The predicted molar refractivity (Wildman–Crippen MR) is 372 cm³/mol. The number of hydrogen-bond donors (Lipinski definition) is 1. The molecule has 474 valence electrons. The number of carbonyl (C=O) groups excluding carboxylic acids is 1. The van der Waals surface area contributed by atoms with Gasteiger partial charge in [-0.1, -0.05) is 262 Å². The summed E-state index contributed by atoms with van der Waals surface area (Å²) in [4.78, 5) is 29.0. The fraction of sp³-hybridized carbons (Fsp3) is 0.776. The first-order valence-corrected chi connectivity index (χ1v) is 37.3. The van der Waals surface area contributed by atoms with E-state index in [0.29, 0.717) is 12.2 Å². The van der Waals surface area contributed by atoms with Gasteiger partial charge in [0.15, 0.2) is 5.82 Å². The Labute approximate surface area is 518 Å². The lowest BCUT2D eigenvalue weighted by Crippen LogP contribution is -2.32. The minimum Gasteiger partial charge on any atom is -0.309 e. The number of unbranched alkanes of at least 4 members (excludes halogenated alkanes) is 38. The highest BCUT2D eigenvalue weighted by molar-refractivity contribution is 7.19. The van der Waals surface area contributed by atoms with E-state index < -0.39 is 0 Å². The number of rotatable bonds is 61. The molecular weight excluding hydrogens is 1030 g/mol. The predicted octanol–water partition coefficient (Wildman–Crippen LogP) is 24.4. The van der Waals surface area contributed by atoms with Crippen LogP contribution in [0.2, 0.25) is 0 Å². The van der Waals surface area contributed by atoms with Crippen molar-refractivity contribution < 1.29 is 4.79 Å². The third-order valence-electron chi connectivity index (χ3n) is 17.3. The number of aryl methyl sites for hydroxylation is 1. The van der Waals surface area contributed by atoms with Gasteiger partial charge in [0.2, 0.25) is 5.91 Å². The molecule has 3 aromatic rings. The van der Waals surface area contributed by atoms with Gasteiger partial charge in [0.05, 0.1) is 15.2 Å². The van der Waals surface area contributed by atoms with Crippen molar-refractivity contribution in [2.75, 3.05) is 44.6 Å². The van der Waals surface area contributed by atoms with Crippen LogP contribution in [0.15, 0.2) is 60.7 Å². The standard InChI is InChI=1S/C76H133N5OS/c1-5-9-12-15-18-21-24-27-30-33-36-39-42-45-48-55-64-80(65-56-49-46-43-40-37-34-31-28-25-22-19-16-13-10-6-2)68-59-69-81(66-57-50-47-44-41-38-35-32-29-26-23-20-17-14-11-7-3)67-58-51-52-63-72(82)78-76-74-75(83-73(79-74)60-8-4)70-61-53-54-62-71(70)77-76/h27-32,53-54,61-62H,5-26,33-52,55-60,63-69H2,1-4H3,(H,77,78,82)/b30-27-,31-28-,32-29-. The van der Waals surface area contributed by atoms with Crippen LogP contribution in [-0.4, -0.2) is 64.9 Å². The Hall–Kier alpha value is -2.87. The van der Waals surface area contributed by atoms with Crippen LogP contribution in [0.5, 0.6) is 0 Å². The summed E-state index contributed by atoms with van der Waals surface area (Å²) in [6.07, 6.45) is 79.0. The van der Waals surface area contributed by atoms with E-state index >= 15 is 0 Å². The van der Waals surface area contributed by atoms with Gasteiger partial charge in [-0.25, -0.2) is 9.97 Å². The maximum atomic E-state index is 13.5. The molecule has 1 N–H and O–H groups in total. The lowest BCUT2D eigenvalue weighted by atomic mass is 10.1. The Balaban J connectivity index is 1.46. The maximum absolute atomic E-state index is 13.5. The van der Waals surface area contributed by atoms with Gasteiger partial charge in [0, 0.05) is 11.8 Å². The highest BCUT2D eigenvalue weighted by Gasteiger charge is 2.16. The SMILES string of the molecule is CCCCCCCC/C=C\CCCCCCCCN(CCCCCCCC/C=C\CCCCCCCC)CCCN(CCCCCCCC/C=C\CCCCCCCC)CCCCCC(=O)Nc1nc2ccccc2c2sc(CCC)nc12. The molecule has 0 bridgehead atoms. The van der Waals surface area contributed by atoms with Crippen molar-refractivity contribution in [1.29, 1.82) is 0 Å². The van der Waals surface area contributed by atoms with Crippen LogP contribution in [0.4, 0.5) is 5.82 Å². The number of nitrogens with one attached hydrogen (secondary N) is 1. The molecule has 83 heavy (non-hydrogen) atoms. The summed E-state index contributed by atoms with van der Waals surface area (Å²) >= 11 is 1.75. The number of amides is 1. The number of nitrogens with zero attached hydrogens (tertiary/aromatic N) is 4. The molecule has 0 aliphatic heterocycles. The van der Waals surface area contributed by atoms with Gasteiger partial charge in [-0.15, -0.1) is 11.3 Å². The number of fused-ring (bicyclic) bond motifs is 3. The van der Waals surface area contributed by atoms with Crippen LogP contribution in [0.25, 0.3) is 21.1 Å². The molecule has 0 unspecified atom stereocenters. The number of aromatic nitrogens is 2. The van der Waals surface area contributed by atoms with Crippen molar-refractivity contribution in [2.45, 2.75) is 342 Å². The van der Waals surface area contributed by atoms with Crippen LogP contribution in [0.3, 0.4) is 0 Å². The Morgan fingerprint density at radius 3 is 1.12 bits per heavy atom. The average molecular weight is 1170 g/mol. The number of thiazole rings is 1. The monoisotopic (exact) mass is 1160 g/mol. The molecule has 0 saturated carbocycles. The van der Waals surface area contributed by atoms with Gasteiger partial charge >= 0.3 is 0 Å². The fourth-order valence-electron chi connectivity index (χ4n) is 12.0. The molecule has 0 aliphatic rings. The van der Waals surface area contributed by atoms with Crippen LogP contribution < -0.4 is 5.32 Å². The van der Waals surface area contributed by atoms with Gasteiger partial charge in [0.25, 0.3) is 0 Å². The van der Waals surface area contributed by atoms with Crippen LogP contribution in [0.1, 0.15) is 341 Å². The minimum atomic E-state index is 0.0591. The summed E-state index contributed by atoms with van der Waals surface area (Å²) in [7, 11) is 0. The first-order valence-electron chi connectivity index (χ1n) is 36.5. The highest BCUT2D eigenvalue weighted by Crippen LogP contribution is 2.34. The summed E-state index contributed by atoms with van der Waals surface area (Å²) < 4.78 is 1.14. The zero-order chi connectivity index (χ0) is 59.0. The van der Waals surface area contributed by atoms with E-state index in [1.807, 2.05) is 12.1 Å². The van der Waals surface area contributed by atoms with Crippen LogP contribution in [-0.2, 0) is 11.2 Å². The summed E-state index contributed by atoms with van der Waals surface area (Å²) in [5.74, 6) is 0.683. The number of hydrogen-bond acceptors (Lipinski definition) is 6. The van der Waals surface area contributed by atoms with Crippen molar-refractivity contribution in [1.82, 2.24) is 19.8 Å². The first kappa shape index (κ1) is 74.4. The van der Waals surface area contributed by atoms with Crippen LogP contribution >= 0.6 is 11.3 Å². The second-order valence-electron chi connectivity index (χ2n) is 25.2. The average Bonchev–Trinajstić information content (AvgIpc) is 3.00. The fourth-order valence-corrected chi connectivity index (χ4v) is 13.2. The summed E-state index contributed by atoms with van der Waals surface area (Å²) in [5.41, 5.74) is 1.76. The van der Waals surface area contributed by atoms with E-state index in [1.165, 1.54) is 309 Å². The highest BCUT2D eigenvalue weighted by atomic mass is 32.1. The van der Waals surface area contributed by atoms with E-state index in [9.17, 15) is 4.79 Å². The van der Waals surface area contributed by atoms with E-state index in [1.54, 1.807) is 11.3 Å². The largest absolute Gasteiger partial charge is 0.309 e. The molecule has 0 aliphatic carbocycles. The van der Waals surface area contributed by atoms with Crippen molar-refractivity contribution in [3.05, 3.63) is 65.7 Å². The molecule has 0 atom stereocenters. The third-order valence-corrected chi connectivity index (χ3v) is 18.4. The number of allylic oxidation sites excluding steroid dienone is 6. The molecule has 2 aromatic heterocycles. The molecule has 1 amide bonds. The number of anilines is 1. The lowest BCUT2D eigenvalue weighted by molar-refractivity contribution is -0.116. The maximum Gasteiger partial charge on any atom is 0.225 e. The molecule has 0 fully saturated rings. The number of benzene rings is 1. The number of carbonyl (C=O) groups is 1. The Bertz CT molecular complexity index is 1960. The van der Waals surface area contributed by atoms with Crippen molar-refractivity contribution >= 4 is 44.2 Å². The molecule has 2 heterocycles. The number of para-hydroxylation sites is 1. The van der Waals surface area contributed by atoms with Gasteiger partial charge in [0.1, 0.15) is 5.52 Å². The smallest absolute Gasteiger partial charge is 0.225 e. The number of pyridine rings is 1. The molecular formula is C76H133N5OS. The van der Waals surface area contributed by atoms with Gasteiger partial charge in [-0.05, 0) is 174 Å². The molecule has 0 radical (unpaired) electrons. The van der Waals surface area contributed by atoms with E-state index in [2.05, 4.69) is 91.4 Å². The first-order chi connectivity index (χ1) is 41.1. The minimum absolute atomic E-state index is 0.0591. The van der Waals surface area contributed by atoms with Gasteiger partial charge in [-0.3, -0.25) is 4.79 Å². The van der Waals surface area contributed by atoms with Crippen LogP contribution in [0, 0.1) is 0 Å². The zero-order valence-corrected chi connectivity index (χ0v) is 56.1. The van der Waals surface area contributed by atoms with Gasteiger partial charge < -0.3 is 15.1 Å². The Morgan fingerprint density at radius 2 is 0.735 bits per heavy atom. The molecule has 3 rings (SSSR count). The Kier molecular flexibility index (Phi) is 49.9. The van der Waals surface area contributed by atoms with Gasteiger partial charge in [-0.2, -0.15) is 0 Å². The normalized spacial score (nSPS) is 12.2. The van der Waals surface area contributed by atoms with Crippen molar-refractivity contribution in [3.63, 3.8) is 0 Å². The third kappa shape index (κ3) is 41.0. The quantitative estimate of drug-likeness (QED) is 0.0451. The topological polar surface area (TPSA) is 61.4 Å². The molecule has 7 heteroatoms. The summed E-state index contributed by atoms with van der Waals surface area (Å²) in [6, 6.07) is 8.27. The molecule has 0 saturated heterocycles. The van der Waals surface area contributed by atoms with E-state index in [0.717, 1.165) is 64.8 Å². The second-order valence-corrected chi connectivity index (χ2v) is 26.3. The summed E-state index contributed by atoms with van der Waals surface area (Å²) in [6.45, 7) is 16.4. The Morgan fingerprint density at radius 1 is 0.398 bits per heavy atom. The molecule has 6 nitrogen and oxygen atoms in total. The zero-order valence-electron chi connectivity index (χ0n) is 55.3. The summed E-state index contributed by atoms with van der Waals surface area (Å²) in [5, 5.41) is 5.44. The lowest BCUT2D eigenvalue weighted by Gasteiger charge is -2.26. The van der Waals surface area contributed by atoms with Crippen molar-refractivity contribution in [3.8, 4) is 0 Å². The van der Waals surface area contributed by atoms with E-state index in [-0.39, 0.29) is 5.91 Å². The van der Waals surface area contributed by atoms with Crippen molar-refractivity contribution in [2.24, 2.45) is 0 Å². The van der Waals surface area contributed by atoms with E-state index in [4.69, 9.17) is 9.97 Å². The second kappa shape index (κ2) is 55.7. The molecule has 0 spiro atoms.